The molecule has 0 radical (unpaired) electrons. The highest BCUT2D eigenvalue weighted by Crippen LogP contribution is 2.04. The molecule has 0 saturated heterocycles. The molecule has 0 aliphatic carbocycles. The topological polar surface area (TPSA) is 117 Å². The van der Waals surface area contributed by atoms with Crippen LogP contribution in [-0.2, 0) is 4.79 Å². The first-order valence-electron chi connectivity index (χ1n) is 3.58. The smallest absolute Gasteiger partial charge is 0.220 e. The number of aliphatic imine (C=N–C) groups is 1. The number of rotatable bonds is 3. The highest BCUT2D eigenvalue weighted by molar-refractivity contribution is 8.13. The number of thioether (sulfide) groups is 1. The fourth-order valence-electron chi connectivity index (χ4n) is 0.515. The third kappa shape index (κ3) is 7.13. The average molecular weight is 203 g/mol. The van der Waals surface area contributed by atoms with E-state index in [1.807, 2.05) is 0 Å². The predicted molar refractivity (Wildman–Crippen MR) is 54.7 cm³/mol. The minimum atomic E-state index is -0.141. The number of hydrogen-bond acceptors (Lipinski definition) is 3. The van der Waals surface area contributed by atoms with Gasteiger partial charge < -0.3 is 16.8 Å². The molecule has 0 aromatic rings. The standard InChI is InChI=1S/C6H13N5OS/c1-10-4(12)2-3-13-6(9)11-5(7)8/h2-3H2,1H3,(H,10,12)(H5,7,8,9,11). The zero-order chi connectivity index (χ0) is 10.3. The average Bonchev–Trinajstić information content (AvgIpc) is 2.02. The number of nitrogens with one attached hydrogen (secondary N) is 2. The lowest BCUT2D eigenvalue weighted by Gasteiger charge is -1.98. The van der Waals surface area contributed by atoms with Crippen molar-refractivity contribution in [2.24, 2.45) is 16.5 Å². The lowest BCUT2D eigenvalue weighted by molar-refractivity contribution is -0.120. The quantitative estimate of drug-likeness (QED) is 0.350. The highest BCUT2D eigenvalue weighted by Gasteiger charge is 2.00. The van der Waals surface area contributed by atoms with Crippen molar-refractivity contribution in [1.29, 1.82) is 5.41 Å². The van der Waals surface area contributed by atoms with E-state index < -0.39 is 0 Å². The molecule has 0 saturated carbocycles. The molecule has 0 aliphatic heterocycles. The van der Waals surface area contributed by atoms with Gasteiger partial charge in [0.25, 0.3) is 0 Å². The molecule has 7 heteroatoms. The molecule has 0 aliphatic rings. The van der Waals surface area contributed by atoms with E-state index in [9.17, 15) is 4.79 Å². The maximum Gasteiger partial charge on any atom is 0.220 e. The molecule has 74 valence electrons. The number of amides is 1. The van der Waals surface area contributed by atoms with E-state index in [1.165, 1.54) is 0 Å². The fourth-order valence-corrected chi connectivity index (χ4v) is 1.17. The number of carbonyl (C=O) groups is 1. The molecule has 6 N–H and O–H groups in total. The summed E-state index contributed by atoms with van der Waals surface area (Å²) in [7, 11) is 1.56. The monoisotopic (exact) mass is 203 g/mol. The largest absolute Gasteiger partial charge is 0.370 e. The summed E-state index contributed by atoms with van der Waals surface area (Å²) in [4.78, 5) is 14.2. The Bertz CT molecular complexity index is 223. The SMILES string of the molecule is CNC(=O)CCSC(=N)N=C(N)N. The molecule has 0 rings (SSSR count). The van der Waals surface area contributed by atoms with Gasteiger partial charge in [-0.05, 0) is 0 Å². The van der Waals surface area contributed by atoms with E-state index >= 15 is 0 Å². The Morgan fingerprint density at radius 3 is 2.69 bits per heavy atom. The van der Waals surface area contributed by atoms with Gasteiger partial charge in [0.15, 0.2) is 11.1 Å². The zero-order valence-electron chi connectivity index (χ0n) is 7.33. The highest BCUT2D eigenvalue weighted by atomic mass is 32.2. The Kier molecular flexibility index (Phi) is 5.69. The van der Waals surface area contributed by atoms with Crippen LogP contribution in [0.1, 0.15) is 6.42 Å². The van der Waals surface area contributed by atoms with Gasteiger partial charge in [-0.25, -0.2) is 0 Å². The number of nitrogens with zero attached hydrogens (tertiary/aromatic N) is 1. The van der Waals surface area contributed by atoms with E-state index in [-0.39, 0.29) is 17.0 Å². The summed E-state index contributed by atoms with van der Waals surface area (Å²) in [5.74, 6) is 0.289. The lowest BCUT2D eigenvalue weighted by atomic mass is 10.5. The number of amidine groups is 1. The molecule has 0 spiro atoms. The van der Waals surface area contributed by atoms with Crippen LogP contribution in [0.5, 0.6) is 0 Å². The summed E-state index contributed by atoms with van der Waals surface area (Å²) in [5.41, 5.74) is 10.1. The van der Waals surface area contributed by atoms with Crippen molar-refractivity contribution >= 4 is 28.8 Å². The van der Waals surface area contributed by atoms with Crippen molar-refractivity contribution in [3.05, 3.63) is 0 Å². The van der Waals surface area contributed by atoms with Crippen LogP contribution in [0.3, 0.4) is 0 Å². The Labute approximate surface area is 80.7 Å². The maximum absolute atomic E-state index is 10.7. The molecular formula is C6H13N5OS. The van der Waals surface area contributed by atoms with Gasteiger partial charge in [0.2, 0.25) is 5.91 Å². The minimum Gasteiger partial charge on any atom is -0.370 e. The summed E-state index contributed by atoms with van der Waals surface area (Å²) in [6, 6.07) is 0. The number of hydrogen-bond donors (Lipinski definition) is 4. The molecule has 0 fully saturated rings. The second-order valence-corrected chi connectivity index (χ2v) is 3.20. The molecule has 6 nitrogen and oxygen atoms in total. The molecule has 0 aromatic carbocycles. The van der Waals surface area contributed by atoms with Crippen LogP contribution in [0.25, 0.3) is 0 Å². The van der Waals surface area contributed by atoms with E-state index in [1.54, 1.807) is 7.05 Å². The zero-order valence-corrected chi connectivity index (χ0v) is 8.15. The Hall–Kier alpha value is -1.24. The van der Waals surface area contributed by atoms with E-state index in [2.05, 4.69) is 10.3 Å². The van der Waals surface area contributed by atoms with E-state index in [0.717, 1.165) is 11.8 Å². The number of carbonyl (C=O) groups excluding carboxylic acids is 1. The first-order valence-corrected chi connectivity index (χ1v) is 4.56. The van der Waals surface area contributed by atoms with Crippen molar-refractivity contribution in [1.82, 2.24) is 5.32 Å². The molecule has 0 atom stereocenters. The van der Waals surface area contributed by atoms with Gasteiger partial charge in [-0.3, -0.25) is 10.2 Å². The van der Waals surface area contributed by atoms with Gasteiger partial charge in [-0.15, -0.1) is 0 Å². The van der Waals surface area contributed by atoms with Crippen molar-refractivity contribution in [3.63, 3.8) is 0 Å². The maximum atomic E-state index is 10.7. The first-order chi connectivity index (χ1) is 6.06. The molecule has 13 heavy (non-hydrogen) atoms. The van der Waals surface area contributed by atoms with Gasteiger partial charge in [0, 0.05) is 19.2 Å². The second-order valence-electron chi connectivity index (χ2n) is 2.11. The van der Waals surface area contributed by atoms with Crippen molar-refractivity contribution < 1.29 is 4.79 Å². The van der Waals surface area contributed by atoms with Gasteiger partial charge in [-0.1, -0.05) is 11.8 Å². The van der Waals surface area contributed by atoms with Crippen LogP contribution in [-0.4, -0.2) is 29.8 Å². The lowest BCUT2D eigenvalue weighted by Crippen LogP contribution is -2.23. The summed E-state index contributed by atoms with van der Waals surface area (Å²) in [6.45, 7) is 0. The van der Waals surface area contributed by atoms with Crippen molar-refractivity contribution in [2.75, 3.05) is 12.8 Å². The van der Waals surface area contributed by atoms with Crippen LogP contribution in [0, 0.1) is 5.41 Å². The molecule has 0 aromatic heterocycles. The van der Waals surface area contributed by atoms with Gasteiger partial charge >= 0.3 is 0 Å². The van der Waals surface area contributed by atoms with Crippen LogP contribution < -0.4 is 16.8 Å². The van der Waals surface area contributed by atoms with Gasteiger partial charge in [0.05, 0.1) is 0 Å². The Morgan fingerprint density at radius 2 is 2.23 bits per heavy atom. The minimum absolute atomic E-state index is 0.0175. The third-order valence-electron chi connectivity index (χ3n) is 1.08. The van der Waals surface area contributed by atoms with Crippen LogP contribution in [0.15, 0.2) is 4.99 Å². The molecular weight excluding hydrogens is 190 g/mol. The van der Waals surface area contributed by atoms with Gasteiger partial charge in [0.1, 0.15) is 0 Å². The molecule has 1 amide bonds. The number of nitrogens with two attached hydrogens (primary N) is 2. The second kappa shape index (κ2) is 6.30. The molecule has 0 heterocycles. The van der Waals surface area contributed by atoms with Crippen LogP contribution in [0.2, 0.25) is 0 Å². The Morgan fingerprint density at radius 1 is 1.62 bits per heavy atom. The summed E-state index contributed by atoms with van der Waals surface area (Å²) < 4.78 is 0. The number of guanidine groups is 1. The first kappa shape index (κ1) is 11.8. The third-order valence-corrected chi connectivity index (χ3v) is 1.85. The normalized spacial score (nSPS) is 9.00. The van der Waals surface area contributed by atoms with E-state index in [4.69, 9.17) is 16.9 Å². The van der Waals surface area contributed by atoms with Gasteiger partial charge in [-0.2, -0.15) is 4.99 Å². The van der Waals surface area contributed by atoms with Crippen molar-refractivity contribution in [3.8, 4) is 0 Å². The summed E-state index contributed by atoms with van der Waals surface area (Å²) >= 11 is 1.12. The molecule has 0 bridgehead atoms. The Balaban J connectivity index is 3.60. The van der Waals surface area contributed by atoms with Crippen LogP contribution in [0.4, 0.5) is 0 Å². The predicted octanol–water partition coefficient (Wildman–Crippen LogP) is -0.936. The summed E-state index contributed by atoms with van der Waals surface area (Å²) in [5, 5.41) is 9.69. The molecule has 0 unspecified atom stereocenters. The van der Waals surface area contributed by atoms with Crippen molar-refractivity contribution in [2.45, 2.75) is 6.42 Å². The van der Waals surface area contributed by atoms with E-state index in [0.29, 0.717) is 12.2 Å². The van der Waals surface area contributed by atoms with Crippen LogP contribution >= 0.6 is 11.8 Å². The summed E-state index contributed by atoms with van der Waals surface area (Å²) in [6.07, 6.45) is 0.351. The fraction of sp³-hybridized carbons (Fsp3) is 0.500.